The lowest BCUT2D eigenvalue weighted by molar-refractivity contribution is 0.0637. The van der Waals surface area contributed by atoms with Crippen LogP contribution < -0.4 is 9.47 Å². The first kappa shape index (κ1) is 13.8. The van der Waals surface area contributed by atoms with Crippen molar-refractivity contribution in [3.63, 3.8) is 0 Å². The van der Waals surface area contributed by atoms with Gasteiger partial charge in [0.2, 0.25) is 0 Å². The Hall–Kier alpha value is -2.14. The van der Waals surface area contributed by atoms with Crippen LogP contribution in [0.3, 0.4) is 0 Å². The normalized spacial score (nSPS) is 20.6. The zero-order valence-corrected chi connectivity index (χ0v) is 11.3. The second-order valence-corrected chi connectivity index (χ2v) is 4.93. The average molecular weight is 292 g/mol. The number of halogens is 2. The van der Waals surface area contributed by atoms with Crippen LogP contribution in [0.2, 0.25) is 0 Å². The molecular formula is C16H14F2O3. The fourth-order valence-corrected chi connectivity index (χ4v) is 2.51. The molecule has 0 spiro atoms. The molecule has 1 N–H and O–H groups in total. The number of fused-ring (bicyclic) bond motifs is 1. The van der Waals surface area contributed by atoms with Crippen molar-refractivity contribution in [3.8, 4) is 11.5 Å². The minimum Gasteiger partial charge on any atom is -0.497 e. The first-order valence-corrected chi connectivity index (χ1v) is 6.56. The molecular weight excluding hydrogens is 278 g/mol. The third-order valence-corrected chi connectivity index (χ3v) is 3.59. The second kappa shape index (κ2) is 5.33. The summed E-state index contributed by atoms with van der Waals surface area (Å²) >= 11 is 0. The third kappa shape index (κ3) is 2.56. The summed E-state index contributed by atoms with van der Waals surface area (Å²) in [4.78, 5) is 0. The van der Waals surface area contributed by atoms with Crippen molar-refractivity contribution in [2.45, 2.75) is 18.6 Å². The molecule has 0 bridgehead atoms. The first-order chi connectivity index (χ1) is 10.1. The summed E-state index contributed by atoms with van der Waals surface area (Å²) in [6, 6.07) is 8.40. The van der Waals surface area contributed by atoms with E-state index in [4.69, 9.17) is 9.47 Å². The van der Waals surface area contributed by atoms with Crippen LogP contribution in [0.15, 0.2) is 36.4 Å². The Morgan fingerprint density at radius 2 is 1.95 bits per heavy atom. The van der Waals surface area contributed by atoms with Gasteiger partial charge in [-0.1, -0.05) is 0 Å². The Bertz CT molecular complexity index is 673. The van der Waals surface area contributed by atoms with E-state index in [2.05, 4.69) is 0 Å². The van der Waals surface area contributed by atoms with E-state index in [9.17, 15) is 13.9 Å². The molecule has 0 aliphatic carbocycles. The summed E-state index contributed by atoms with van der Waals surface area (Å²) in [5.41, 5.74) is 0.838. The number of methoxy groups -OCH3 is 1. The van der Waals surface area contributed by atoms with Gasteiger partial charge in [-0.15, -0.1) is 0 Å². The van der Waals surface area contributed by atoms with Gasteiger partial charge >= 0.3 is 0 Å². The highest BCUT2D eigenvalue weighted by atomic mass is 19.1. The molecule has 0 amide bonds. The minimum absolute atomic E-state index is 0.197. The lowest BCUT2D eigenvalue weighted by atomic mass is 9.94. The molecule has 1 unspecified atom stereocenters. The van der Waals surface area contributed by atoms with Crippen LogP contribution in [-0.4, -0.2) is 12.2 Å². The third-order valence-electron chi connectivity index (χ3n) is 3.59. The predicted octanol–water partition coefficient (Wildman–Crippen LogP) is 3.53. The molecule has 0 aromatic heterocycles. The molecule has 0 radical (unpaired) electrons. The zero-order valence-electron chi connectivity index (χ0n) is 11.3. The van der Waals surface area contributed by atoms with Crippen molar-refractivity contribution < 1.29 is 23.4 Å². The van der Waals surface area contributed by atoms with Crippen molar-refractivity contribution in [1.29, 1.82) is 0 Å². The van der Waals surface area contributed by atoms with Crippen molar-refractivity contribution in [1.82, 2.24) is 0 Å². The van der Waals surface area contributed by atoms with Crippen LogP contribution in [-0.2, 0) is 0 Å². The van der Waals surface area contributed by atoms with E-state index >= 15 is 0 Å². The molecule has 5 heteroatoms. The topological polar surface area (TPSA) is 38.7 Å². The van der Waals surface area contributed by atoms with Crippen molar-refractivity contribution in [3.05, 3.63) is 59.2 Å². The summed E-state index contributed by atoms with van der Waals surface area (Å²) in [5.74, 6) is -0.229. The molecule has 3 nitrogen and oxygen atoms in total. The minimum atomic E-state index is -0.793. The number of aliphatic hydroxyl groups excluding tert-OH is 1. The monoisotopic (exact) mass is 292 g/mol. The van der Waals surface area contributed by atoms with E-state index in [1.165, 1.54) is 19.2 Å². The molecule has 110 valence electrons. The molecule has 3 rings (SSSR count). The molecule has 1 aliphatic heterocycles. The van der Waals surface area contributed by atoms with E-state index in [0.29, 0.717) is 17.1 Å². The second-order valence-electron chi connectivity index (χ2n) is 4.93. The quantitative estimate of drug-likeness (QED) is 0.920. The fourth-order valence-electron chi connectivity index (χ4n) is 2.51. The van der Waals surface area contributed by atoms with Gasteiger partial charge in [-0.25, -0.2) is 8.78 Å². The highest BCUT2D eigenvalue weighted by Crippen LogP contribution is 2.42. The zero-order chi connectivity index (χ0) is 15.0. The Morgan fingerprint density at radius 3 is 2.67 bits per heavy atom. The molecule has 1 aliphatic rings. The van der Waals surface area contributed by atoms with Crippen LogP contribution in [0, 0.1) is 11.6 Å². The maximum atomic E-state index is 13.8. The lowest BCUT2D eigenvalue weighted by Crippen LogP contribution is -2.20. The molecule has 1 heterocycles. The smallest absolute Gasteiger partial charge is 0.133 e. The highest BCUT2D eigenvalue weighted by Gasteiger charge is 2.30. The molecule has 21 heavy (non-hydrogen) atoms. The summed E-state index contributed by atoms with van der Waals surface area (Å²) in [7, 11) is 1.54. The van der Waals surface area contributed by atoms with Gasteiger partial charge in [0.1, 0.15) is 29.2 Å². The van der Waals surface area contributed by atoms with E-state index < -0.39 is 23.8 Å². The van der Waals surface area contributed by atoms with Gasteiger partial charge in [0, 0.05) is 23.6 Å². The Balaban J connectivity index is 1.94. The molecule has 0 saturated heterocycles. The van der Waals surface area contributed by atoms with Gasteiger partial charge in [0.25, 0.3) is 0 Å². The predicted molar refractivity (Wildman–Crippen MR) is 72.3 cm³/mol. The number of hydrogen-bond donors (Lipinski definition) is 1. The Labute approximate surface area is 120 Å². The summed E-state index contributed by atoms with van der Waals surface area (Å²) < 4.78 is 37.6. The molecule has 2 aromatic rings. The number of ether oxygens (including phenoxy) is 2. The Morgan fingerprint density at radius 1 is 1.14 bits per heavy atom. The van der Waals surface area contributed by atoms with Crippen molar-refractivity contribution in [2.24, 2.45) is 0 Å². The summed E-state index contributed by atoms with van der Waals surface area (Å²) in [5, 5.41) is 10.2. The van der Waals surface area contributed by atoms with Crippen LogP contribution in [0.25, 0.3) is 0 Å². The van der Waals surface area contributed by atoms with Crippen LogP contribution in [0.4, 0.5) is 8.78 Å². The number of rotatable bonds is 2. The van der Waals surface area contributed by atoms with Gasteiger partial charge in [-0.2, -0.15) is 0 Å². The number of benzene rings is 2. The maximum absolute atomic E-state index is 13.8. The lowest BCUT2D eigenvalue weighted by Gasteiger charge is -2.30. The summed E-state index contributed by atoms with van der Waals surface area (Å²) in [6.45, 7) is 0. The fraction of sp³-hybridized carbons (Fsp3) is 0.250. The van der Waals surface area contributed by atoms with Gasteiger partial charge in [0.05, 0.1) is 13.2 Å². The van der Waals surface area contributed by atoms with E-state index in [-0.39, 0.29) is 12.0 Å². The first-order valence-electron chi connectivity index (χ1n) is 6.56. The van der Waals surface area contributed by atoms with Crippen LogP contribution >= 0.6 is 0 Å². The van der Waals surface area contributed by atoms with Gasteiger partial charge in [-0.3, -0.25) is 0 Å². The Kier molecular flexibility index (Phi) is 3.51. The molecule has 2 aromatic carbocycles. The van der Waals surface area contributed by atoms with Crippen molar-refractivity contribution in [2.75, 3.05) is 7.11 Å². The number of aliphatic hydroxyl groups is 1. The van der Waals surface area contributed by atoms with Gasteiger partial charge < -0.3 is 14.6 Å². The van der Waals surface area contributed by atoms with E-state index in [0.717, 1.165) is 6.07 Å². The van der Waals surface area contributed by atoms with Gasteiger partial charge in [0.15, 0.2) is 0 Å². The largest absolute Gasteiger partial charge is 0.497 e. The number of hydrogen-bond acceptors (Lipinski definition) is 3. The van der Waals surface area contributed by atoms with E-state index in [1.54, 1.807) is 18.2 Å². The SMILES string of the molecule is COc1ccc2c(c1)[C@H](O)CC(c1ccc(F)cc1F)O2. The summed E-state index contributed by atoms with van der Waals surface area (Å²) in [6.07, 6.45) is -1.25. The van der Waals surface area contributed by atoms with E-state index in [1.807, 2.05) is 0 Å². The molecule has 0 saturated carbocycles. The van der Waals surface area contributed by atoms with Crippen molar-refractivity contribution >= 4 is 0 Å². The standard InChI is InChI=1S/C16H14F2O3/c1-20-10-3-5-15-12(7-10)14(19)8-16(21-15)11-4-2-9(17)6-13(11)18/h2-7,14,16,19H,8H2,1H3/t14-,16?/m1/s1. The van der Waals surface area contributed by atoms with Crippen LogP contribution in [0.1, 0.15) is 29.8 Å². The molecule has 0 fully saturated rings. The molecule has 2 atom stereocenters. The highest BCUT2D eigenvalue weighted by molar-refractivity contribution is 5.43. The maximum Gasteiger partial charge on any atom is 0.133 e. The van der Waals surface area contributed by atoms with Gasteiger partial charge in [-0.05, 0) is 30.3 Å². The average Bonchev–Trinajstić information content (AvgIpc) is 2.47. The van der Waals surface area contributed by atoms with Crippen LogP contribution in [0.5, 0.6) is 11.5 Å².